The van der Waals surface area contributed by atoms with Crippen molar-refractivity contribution in [2.75, 3.05) is 19.8 Å². The summed E-state index contributed by atoms with van der Waals surface area (Å²) < 4.78 is 22.6. The van der Waals surface area contributed by atoms with E-state index < -0.39 is 12.5 Å². The summed E-state index contributed by atoms with van der Waals surface area (Å²) >= 11 is 0. The molecule has 0 saturated heterocycles. The molecule has 1 aliphatic heterocycles. The molecule has 0 N–H and O–H groups in total. The molecule has 0 aromatic carbocycles. The molecule has 0 fully saturated rings. The van der Waals surface area contributed by atoms with Crippen LogP contribution < -0.4 is 4.74 Å². The Balaban J connectivity index is 1.88. The Morgan fingerprint density at radius 2 is 2.33 bits per heavy atom. The van der Waals surface area contributed by atoms with Crippen LogP contribution in [-0.4, -0.2) is 53.3 Å². The van der Waals surface area contributed by atoms with E-state index in [0.717, 1.165) is 11.1 Å². The first kappa shape index (κ1) is 21.1. The zero-order chi connectivity index (χ0) is 21.7. The van der Waals surface area contributed by atoms with E-state index in [2.05, 4.69) is 21.9 Å². The number of nitrogens with zero attached hydrogens (tertiary/aromatic N) is 4. The lowest BCUT2D eigenvalue weighted by Crippen LogP contribution is -2.30. The molecule has 9 heteroatoms. The van der Waals surface area contributed by atoms with Crippen LogP contribution in [0.2, 0.25) is 0 Å². The maximum atomic E-state index is 13.1. The number of rotatable bonds is 9. The van der Waals surface area contributed by atoms with Gasteiger partial charge in [-0.2, -0.15) is 0 Å². The van der Waals surface area contributed by atoms with E-state index in [4.69, 9.17) is 9.26 Å². The van der Waals surface area contributed by atoms with Crippen molar-refractivity contribution in [3.05, 3.63) is 64.8 Å². The summed E-state index contributed by atoms with van der Waals surface area (Å²) in [7, 11) is 0. The average molecular weight is 412 g/mol. The molecule has 30 heavy (non-hydrogen) atoms. The van der Waals surface area contributed by atoms with Gasteiger partial charge in [-0.25, -0.2) is 9.37 Å². The number of aliphatic imine (C=N–C) groups is 1. The Morgan fingerprint density at radius 1 is 1.53 bits per heavy atom. The summed E-state index contributed by atoms with van der Waals surface area (Å²) in [5.74, 6) is -0.336. The van der Waals surface area contributed by atoms with E-state index in [1.165, 1.54) is 24.5 Å². The van der Waals surface area contributed by atoms with Crippen molar-refractivity contribution in [3.8, 4) is 5.88 Å². The number of aromatic nitrogens is 2. The van der Waals surface area contributed by atoms with Crippen molar-refractivity contribution in [1.29, 1.82) is 0 Å². The van der Waals surface area contributed by atoms with Crippen LogP contribution in [0.4, 0.5) is 4.39 Å². The Bertz CT molecular complexity index is 1010. The van der Waals surface area contributed by atoms with Crippen molar-refractivity contribution >= 4 is 18.4 Å². The van der Waals surface area contributed by atoms with Gasteiger partial charge in [0.25, 0.3) is 5.91 Å². The number of halogens is 1. The minimum absolute atomic E-state index is 0.0524. The smallest absolute Gasteiger partial charge is 0.255 e. The minimum atomic E-state index is -0.606. The first-order valence-electron chi connectivity index (χ1n) is 9.25. The number of pyridine rings is 1. The predicted molar refractivity (Wildman–Crippen MR) is 107 cm³/mol. The highest BCUT2D eigenvalue weighted by atomic mass is 19.1. The Hall–Kier alpha value is -3.62. The van der Waals surface area contributed by atoms with Crippen molar-refractivity contribution in [3.63, 3.8) is 0 Å². The van der Waals surface area contributed by atoms with Gasteiger partial charge in [-0.15, -0.1) is 0 Å². The standard InChI is InChI=1S/C21H21FN4O4/c1-13-10-15(11-24-20(13)29-9-6-22)14(2)26-12-17(16(21(26)28)4-7-23-3)19(27)18-5-8-25-30-18/h4-5,7-8,10-11,14H,3,6,9,12H2,1-2H3/b7-4-. The zero-order valence-corrected chi connectivity index (χ0v) is 16.7. The highest BCUT2D eigenvalue weighted by Gasteiger charge is 2.36. The number of carbonyl (C=O) groups is 2. The maximum absolute atomic E-state index is 13.1. The van der Waals surface area contributed by atoms with Gasteiger partial charge < -0.3 is 14.2 Å². The topological polar surface area (TPSA) is 97.9 Å². The van der Waals surface area contributed by atoms with Crippen LogP contribution in [0.25, 0.3) is 0 Å². The van der Waals surface area contributed by atoms with Gasteiger partial charge in [0.15, 0.2) is 0 Å². The number of ether oxygens (including phenoxy) is 1. The number of amides is 1. The Kier molecular flexibility index (Phi) is 6.51. The van der Waals surface area contributed by atoms with Crippen LogP contribution in [0.3, 0.4) is 0 Å². The van der Waals surface area contributed by atoms with E-state index in [9.17, 15) is 14.0 Å². The first-order chi connectivity index (χ1) is 14.5. The number of aryl methyl sites for hydroxylation is 1. The van der Waals surface area contributed by atoms with Crippen LogP contribution in [-0.2, 0) is 4.79 Å². The highest BCUT2D eigenvalue weighted by Crippen LogP contribution is 2.32. The summed E-state index contributed by atoms with van der Waals surface area (Å²) in [6.07, 6.45) is 5.77. The van der Waals surface area contributed by atoms with E-state index in [-0.39, 0.29) is 42.0 Å². The lowest BCUT2D eigenvalue weighted by molar-refractivity contribution is -0.127. The minimum Gasteiger partial charge on any atom is -0.475 e. The lowest BCUT2D eigenvalue weighted by Gasteiger charge is -2.25. The molecule has 0 radical (unpaired) electrons. The van der Waals surface area contributed by atoms with Gasteiger partial charge in [0.05, 0.1) is 24.4 Å². The number of hydrogen-bond donors (Lipinski definition) is 0. The molecule has 1 aliphatic rings. The van der Waals surface area contributed by atoms with Crippen molar-refractivity contribution < 1.29 is 23.2 Å². The SMILES string of the molecule is C=N/C=C\C1=C(C(=O)c2ccno2)CN(C(C)c2cnc(OCCF)c(C)c2)C1=O. The molecule has 0 bridgehead atoms. The molecular weight excluding hydrogens is 391 g/mol. The molecular formula is C21H21FN4O4. The van der Waals surface area contributed by atoms with E-state index >= 15 is 0 Å². The van der Waals surface area contributed by atoms with Crippen molar-refractivity contribution in [2.45, 2.75) is 19.9 Å². The monoisotopic (exact) mass is 412 g/mol. The second kappa shape index (κ2) is 9.25. The molecule has 0 spiro atoms. The molecule has 8 nitrogen and oxygen atoms in total. The predicted octanol–water partition coefficient (Wildman–Crippen LogP) is 3.02. The summed E-state index contributed by atoms with van der Waals surface area (Å²) in [4.78, 5) is 35.3. The average Bonchev–Trinajstić information content (AvgIpc) is 3.39. The number of hydrogen-bond acceptors (Lipinski definition) is 7. The van der Waals surface area contributed by atoms with Gasteiger partial charge in [0.1, 0.15) is 13.3 Å². The van der Waals surface area contributed by atoms with Gasteiger partial charge in [0, 0.05) is 29.6 Å². The van der Waals surface area contributed by atoms with E-state index in [1.807, 2.05) is 13.0 Å². The Labute approximate surface area is 172 Å². The number of Topliss-reactive ketones (excluding diaryl/α,β-unsaturated/α-hetero) is 1. The van der Waals surface area contributed by atoms with E-state index in [1.54, 1.807) is 18.0 Å². The molecule has 156 valence electrons. The normalized spacial score (nSPS) is 15.2. The number of carbonyl (C=O) groups excluding carboxylic acids is 2. The summed E-state index contributed by atoms with van der Waals surface area (Å²) in [6.45, 7) is 6.41. The summed E-state index contributed by atoms with van der Waals surface area (Å²) in [5, 5.41) is 3.55. The van der Waals surface area contributed by atoms with Crippen LogP contribution >= 0.6 is 0 Å². The third kappa shape index (κ3) is 4.19. The fourth-order valence-corrected chi connectivity index (χ4v) is 3.18. The fourth-order valence-electron chi connectivity index (χ4n) is 3.18. The van der Waals surface area contributed by atoms with Crippen LogP contribution in [0.15, 0.2) is 57.5 Å². The summed E-state index contributed by atoms with van der Waals surface area (Å²) in [5.41, 5.74) is 1.99. The van der Waals surface area contributed by atoms with Crippen molar-refractivity contribution in [2.24, 2.45) is 4.99 Å². The van der Waals surface area contributed by atoms with Crippen molar-refractivity contribution in [1.82, 2.24) is 15.0 Å². The van der Waals surface area contributed by atoms with Crippen LogP contribution in [0.1, 0.15) is 34.6 Å². The fraction of sp³-hybridized carbons (Fsp3) is 0.286. The van der Waals surface area contributed by atoms with E-state index in [0.29, 0.717) is 5.88 Å². The number of ketones is 1. The molecule has 3 heterocycles. The molecule has 1 atom stereocenters. The van der Waals surface area contributed by atoms with Gasteiger partial charge in [-0.1, -0.05) is 5.16 Å². The van der Waals surface area contributed by atoms with Gasteiger partial charge in [-0.3, -0.25) is 14.6 Å². The first-order valence-corrected chi connectivity index (χ1v) is 9.25. The third-order valence-electron chi connectivity index (χ3n) is 4.74. The second-order valence-electron chi connectivity index (χ2n) is 6.63. The zero-order valence-electron chi connectivity index (χ0n) is 16.7. The summed E-state index contributed by atoms with van der Waals surface area (Å²) in [6, 6.07) is 2.90. The molecule has 0 saturated carbocycles. The lowest BCUT2D eigenvalue weighted by atomic mass is 10.0. The highest BCUT2D eigenvalue weighted by molar-refractivity contribution is 6.16. The number of alkyl halides is 1. The molecule has 1 unspecified atom stereocenters. The Morgan fingerprint density at radius 3 is 2.97 bits per heavy atom. The van der Waals surface area contributed by atoms with Gasteiger partial charge >= 0.3 is 0 Å². The largest absolute Gasteiger partial charge is 0.475 e. The van der Waals surface area contributed by atoms with Crippen LogP contribution in [0.5, 0.6) is 5.88 Å². The maximum Gasteiger partial charge on any atom is 0.255 e. The molecule has 2 aromatic rings. The van der Waals surface area contributed by atoms with Gasteiger partial charge in [0.2, 0.25) is 17.4 Å². The van der Waals surface area contributed by atoms with Gasteiger partial charge in [-0.05, 0) is 38.3 Å². The molecule has 1 amide bonds. The second-order valence-corrected chi connectivity index (χ2v) is 6.63. The molecule has 3 rings (SSSR count). The van der Waals surface area contributed by atoms with Crippen LogP contribution in [0, 0.1) is 6.92 Å². The molecule has 2 aromatic heterocycles. The molecule has 0 aliphatic carbocycles. The quantitative estimate of drug-likeness (QED) is 0.464. The third-order valence-corrected chi connectivity index (χ3v) is 4.74.